The zero-order valence-electron chi connectivity index (χ0n) is 11.4. The fourth-order valence-corrected chi connectivity index (χ4v) is 2.16. The van der Waals surface area contributed by atoms with E-state index < -0.39 is 17.2 Å². The first-order valence-electron chi connectivity index (χ1n) is 6.14. The monoisotopic (exact) mass is 354 g/mol. The number of nitrogens with zero attached hydrogens (tertiary/aromatic N) is 2. The van der Waals surface area contributed by atoms with Crippen molar-refractivity contribution in [3.05, 3.63) is 56.2 Å². The summed E-state index contributed by atoms with van der Waals surface area (Å²) < 4.78 is 20.3. The van der Waals surface area contributed by atoms with E-state index in [1.54, 1.807) is 13.0 Å². The smallest absolute Gasteiger partial charge is 0.362 e. The number of methoxy groups -OCH3 is 1. The highest BCUT2D eigenvalue weighted by Gasteiger charge is 2.18. The number of aryl methyl sites for hydroxylation is 1. The summed E-state index contributed by atoms with van der Waals surface area (Å²) in [5.74, 6) is -1.37. The molecule has 0 aliphatic rings. The van der Waals surface area contributed by atoms with E-state index in [-0.39, 0.29) is 11.4 Å². The Morgan fingerprint density at radius 3 is 2.81 bits per heavy atom. The van der Waals surface area contributed by atoms with Crippen LogP contribution >= 0.6 is 15.9 Å². The Morgan fingerprint density at radius 1 is 1.48 bits per heavy atom. The Kier molecular flexibility index (Phi) is 4.52. The fourth-order valence-electron chi connectivity index (χ4n) is 1.81. The molecule has 110 valence electrons. The third-order valence-electron chi connectivity index (χ3n) is 2.91. The van der Waals surface area contributed by atoms with Gasteiger partial charge in [-0.3, -0.25) is 4.79 Å². The van der Waals surface area contributed by atoms with Gasteiger partial charge in [0, 0.05) is 16.2 Å². The van der Waals surface area contributed by atoms with Crippen LogP contribution in [0.1, 0.15) is 23.0 Å². The van der Waals surface area contributed by atoms with E-state index in [2.05, 4.69) is 25.8 Å². The van der Waals surface area contributed by atoms with Gasteiger partial charge in [-0.05, 0) is 24.6 Å². The largest absolute Gasteiger partial charge is 0.464 e. The summed E-state index contributed by atoms with van der Waals surface area (Å²) in [5, 5.41) is 3.89. The van der Waals surface area contributed by atoms with Gasteiger partial charge in [0.05, 0.1) is 7.11 Å². The minimum atomic E-state index is -0.848. The zero-order chi connectivity index (χ0) is 15.6. The summed E-state index contributed by atoms with van der Waals surface area (Å²) in [7, 11) is 1.16. The second-order valence-electron chi connectivity index (χ2n) is 4.22. The van der Waals surface area contributed by atoms with E-state index in [0.29, 0.717) is 16.5 Å². The van der Waals surface area contributed by atoms with Crippen LogP contribution in [0.4, 0.5) is 4.39 Å². The Labute approximate surface area is 128 Å². The summed E-state index contributed by atoms with van der Waals surface area (Å²) in [6, 6.07) is 4.32. The number of hydrogen-bond acceptors (Lipinski definition) is 4. The van der Waals surface area contributed by atoms with Crippen LogP contribution in [0, 0.1) is 5.82 Å². The maximum atomic E-state index is 13.9. The van der Waals surface area contributed by atoms with Crippen LogP contribution in [0.15, 0.2) is 33.7 Å². The molecule has 0 amide bonds. The van der Waals surface area contributed by atoms with E-state index in [1.807, 2.05) is 0 Å². The molecule has 0 saturated carbocycles. The third-order valence-corrected chi connectivity index (χ3v) is 3.40. The number of hydrogen-bond donors (Lipinski definition) is 0. The number of halogens is 2. The van der Waals surface area contributed by atoms with E-state index in [4.69, 9.17) is 0 Å². The number of esters is 1. The summed E-state index contributed by atoms with van der Waals surface area (Å²) in [5.41, 5.74) is -0.388. The molecule has 0 fully saturated rings. The maximum absolute atomic E-state index is 13.9. The van der Waals surface area contributed by atoms with Gasteiger partial charge in [-0.15, -0.1) is 0 Å². The number of carbonyl (C=O) groups is 1. The molecule has 0 aliphatic carbocycles. The summed E-state index contributed by atoms with van der Waals surface area (Å²) in [4.78, 5) is 23.7. The molecule has 0 N–H and O–H groups in total. The molecule has 0 unspecified atom stereocenters. The number of rotatable bonds is 3. The lowest BCUT2D eigenvalue weighted by Crippen LogP contribution is -2.25. The first kappa shape index (κ1) is 15.4. The molecular weight excluding hydrogens is 343 g/mol. The molecule has 2 rings (SSSR count). The quantitative estimate of drug-likeness (QED) is 0.794. The molecule has 5 nitrogen and oxygen atoms in total. The lowest BCUT2D eigenvalue weighted by atomic mass is 10.2. The Morgan fingerprint density at radius 2 is 2.19 bits per heavy atom. The molecule has 0 radical (unpaired) electrons. The number of carbonyl (C=O) groups excluding carboxylic acids is 1. The van der Waals surface area contributed by atoms with Gasteiger partial charge in [-0.1, -0.05) is 22.9 Å². The minimum absolute atomic E-state index is 0.129. The van der Waals surface area contributed by atoms with Gasteiger partial charge >= 0.3 is 5.97 Å². The van der Waals surface area contributed by atoms with Gasteiger partial charge < -0.3 is 4.74 Å². The van der Waals surface area contributed by atoms with E-state index in [9.17, 15) is 14.0 Å². The SMILES string of the molecule is CCc1cn(-c2cc(Br)ccc2F)nc(C(=O)OC)c1=O. The van der Waals surface area contributed by atoms with Crippen molar-refractivity contribution in [1.29, 1.82) is 0 Å². The summed E-state index contributed by atoms with van der Waals surface area (Å²) >= 11 is 3.24. The summed E-state index contributed by atoms with van der Waals surface area (Å²) in [6.45, 7) is 1.76. The third kappa shape index (κ3) is 3.02. The van der Waals surface area contributed by atoms with Crippen molar-refractivity contribution < 1.29 is 13.9 Å². The van der Waals surface area contributed by atoms with Crippen LogP contribution in [0.25, 0.3) is 5.69 Å². The Hall–Kier alpha value is -2.02. The minimum Gasteiger partial charge on any atom is -0.464 e. The molecule has 0 atom stereocenters. The van der Waals surface area contributed by atoms with Crippen LogP contribution in [0.2, 0.25) is 0 Å². The lowest BCUT2D eigenvalue weighted by molar-refractivity contribution is 0.0590. The van der Waals surface area contributed by atoms with Crippen molar-refractivity contribution in [3.63, 3.8) is 0 Å². The zero-order valence-corrected chi connectivity index (χ0v) is 13.0. The van der Waals surface area contributed by atoms with Crippen molar-refractivity contribution in [2.24, 2.45) is 0 Å². The maximum Gasteiger partial charge on any atom is 0.362 e. The number of ether oxygens (including phenoxy) is 1. The van der Waals surface area contributed by atoms with Gasteiger partial charge in [-0.2, -0.15) is 5.10 Å². The van der Waals surface area contributed by atoms with Gasteiger partial charge in [0.2, 0.25) is 11.1 Å². The highest BCUT2D eigenvalue weighted by atomic mass is 79.9. The van der Waals surface area contributed by atoms with Crippen molar-refractivity contribution in [3.8, 4) is 5.69 Å². The second-order valence-corrected chi connectivity index (χ2v) is 5.13. The fraction of sp³-hybridized carbons (Fsp3) is 0.214. The molecule has 1 heterocycles. The molecule has 1 aromatic carbocycles. The Bertz CT molecular complexity index is 758. The number of aromatic nitrogens is 2. The van der Waals surface area contributed by atoms with Crippen molar-refractivity contribution in [2.45, 2.75) is 13.3 Å². The molecule has 0 saturated heterocycles. The van der Waals surface area contributed by atoms with Gasteiger partial charge in [-0.25, -0.2) is 13.9 Å². The molecular formula is C14H12BrFN2O3. The first-order valence-corrected chi connectivity index (χ1v) is 6.93. The second kappa shape index (κ2) is 6.17. The van der Waals surface area contributed by atoms with Crippen molar-refractivity contribution in [2.75, 3.05) is 7.11 Å². The van der Waals surface area contributed by atoms with Crippen LogP contribution < -0.4 is 5.43 Å². The average molecular weight is 355 g/mol. The number of benzene rings is 1. The molecule has 0 spiro atoms. The van der Waals surface area contributed by atoms with Crippen LogP contribution in [-0.4, -0.2) is 22.9 Å². The molecule has 21 heavy (non-hydrogen) atoms. The van der Waals surface area contributed by atoms with Crippen molar-refractivity contribution in [1.82, 2.24) is 9.78 Å². The van der Waals surface area contributed by atoms with Gasteiger partial charge in [0.1, 0.15) is 11.5 Å². The summed E-state index contributed by atoms with van der Waals surface area (Å²) in [6.07, 6.45) is 1.81. The van der Waals surface area contributed by atoms with Crippen LogP contribution in [0.3, 0.4) is 0 Å². The molecule has 0 bridgehead atoms. The van der Waals surface area contributed by atoms with Crippen molar-refractivity contribution >= 4 is 21.9 Å². The van der Waals surface area contributed by atoms with Gasteiger partial charge in [0.15, 0.2) is 0 Å². The van der Waals surface area contributed by atoms with E-state index >= 15 is 0 Å². The van der Waals surface area contributed by atoms with Crippen LogP contribution in [-0.2, 0) is 11.2 Å². The molecule has 7 heteroatoms. The molecule has 0 aliphatic heterocycles. The van der Waals surface area contributed by atoms with Gasteiger partial charge in [0.25, 0.3) is 0 Å². The topological polar surface area (TPSA) is 61.2 Å². The van der Waals surface area contributed by atoms with E-state index in [1.165, 1.54) is 23.0 Å². The predicted molar refractivity (Wildman–Crippen MR) is 78.2 cm³/mol. The Balaban J connectivity index is 2.72. The first-order chi connectivity index (χ1) is 9.97. The normalized spacial score (nSPS) is 10.5. The van der Waals surface area contributed by atoms with Crippen LogP contribution in [0.5, 0.6) is 0 Å². The standard InChI is InChI=1S/C14H12BrFN2O3/c1-3-8-7-18(11-6-9(15)4-5-10(11)16)17-12(13(8)19)14(20)21-2/h4-7H,3H2,1-2H3. The molecule has 1 aromatic heterocycles. The predicted octanol–water partition coefficient (Wildman–Crippen LogP) is 2.48. The van der Waals surface area contributed by atoms with E-state index in [0.717, 1.165) is 7.11 Å². The highest BCUT2D eigenvalue weighted by Crippen LogP contribution is 2.18. The average Bonchev–Trinajstić information content (AvgIpc) is 2.49. The molecule has 2 aromatic rings. The lowest BCUT2D eigenvalue weighted by Gasteiger charge is -2.10. The highest BCUT2D eigenvalue weighted by molar-refractivity contribution is 9.10.